The minimum atomic E-state index is -1.21. The zero-order chi connectivity index (χ0) is 32.3. The first-order chi connectivity index (χ1) is 21.2. The molecule has 0 unspecified atom stereocenters. The molecule has 0 aromatic heterocycles. The van der Waals surface area contributed by atoms with E-state index in [0.717, 1.165) is 81.8 Å². The Balaban J connectivity index is 2.02. The average molecular weight is 611 g/mol. The highest BCUT2D eigenvalue weighted by molar-refractivity contribution is 6.04. The van der Waals surface area contributed by atoms with Crippen molar-refractivity contribution in [1.29, 1.82) is 0 Å². The molecule has 44 heavy (non-hydrogen) atoms. The van der Waals surface area contributed by atoms with Gasteiger partial charge in [0.1, 0.15) is 17.4 Å². The van der Waals surface area contributed by atoms with Gasteiger partial charge in [0.15, 0.2) is 0 Å². The third-order valence-corrected chi connectivity index (χ3v) is 7.58. The molecule has 10 nitrogen and oxygen atoms in total. The fourth-order valence-corrected chi connectivity index (χ4v) is 4.84. The van der Waals surface area contributed by atoms with Gasteiger partial charge in [0.25, 0.3) is 23.6 Å². The van der Waals surface area contributed by atoms with Crippen LogP contribution in [0.5, 0.6) is 11.5 Å². The van der Waals surface area contributed by atoms with Crippen LogP contribution in [0.3, 0.4) is 0 Å². The van der Waals surface area contributed by atoms with Crippen molar-refractivity contribution in [3.63, 3.8) is 0 Å². The number of carbonyl (C=O) groups is 4. The molecule has 0 fully saturated rings. The molecule has 0 spiro atoms. The zero-order valence-electron chi connectivity index (χ0n) is 26.5. The van der Waals surface area contributed by atoms with E-state index in [-0.39, 0.29) is 29.0 Å². The van der Waals surface area contributed by atoms with E-state index in [1.54, 1.807) is 12.1 Å². The standard InChI is InChI=1S/C34H50N4O6/c1-4-7-10-11-12-13-14-17-28(33(43)37-35-31(41)26-20-18-24(15-8-5-2)22-29(26)39)34(44)38-36-32(42)27-21-19-25(16-9-6-3)23-30(27)40/h18-23,28,39-40H,4-17H2,1-3H3,(H,35,41)(H,36,42)(H,37,43)(H,38,44). The number of unbranched alkanes of at least 4 members (excludes halogenated alkanes) is 8. The molecule has 0 bridgehead atoms. The molecule has 0 aliphatic heterocycles. The van der Waals surface area contributed by atoms with Gasteiger partial charge in [-0.1, -0.05) is 90.7 Å². The van der Waals surface area contributed by atoms with E-state index >= 15 is 0 Å². The van der Waals surface area contributed by atoms with Crippen molar-refractivity contribution < 1.29 is 29.4 Å². The first-order valence-corrected chi connectivity index (χ1v) is 16.1. The minimum absolute atomic E-state index is 0.00795. The monoisotopic (exact) mass is 610 g/mol. The van der Waals surface area contributed by atoms with Gasteiger partial charge in [-0.15, -0.1) is 0 Å². The number of carbonyl (C=O) groups excluding carboxylic acids is 4. The van der Waals surface area contributed by atoms with Crippen LogP contribution in [0.1, 0.15) is 130 Å². The second-order valence-corrected chi connectivity index (χ2v) is 11.3. The summed E-state index contributed by atoms with van der Waals surface area (Å²) in [5.41, 5.74) is 10.9. The molecular formula is C34H50N4O6. The SMILES string of the molecule is CCCCCCCCCC(C(=O)NNC(=O)c1ccc(CCCC)cc1O)C(=O)NNC(=O)c1ccc(CCCC)cc1O. The Hall–Kier alpha value is -4.08. The van der Waals surface area contributed by atoms with Gasteiger partial charge in [0, 0.05) is 0 Å². The van der Waals surface area contributed by atoms with Gasteiger partial charge in [-0.2, -0.15) is 0 Å². The predicted molar refractivity (Wildman–Crippen MR) is 171 cm³/mol. The highest BCUT2D eigenvalue weighted by Gasteiger charge is 2.28. The molecule has 0 radical (unpaired) electrons. The number of hydrogen-bond donors (Lipinski definition) is 6. The number of rotatable bonds is 18. The largest absolute Gasteiger partial charge is 0.507 e. The number of benzene rings is 2. The smallest absolute Gasteiger partial charge is 0.273 e. The van der Waals surface area contributed by atoms with E-state index in [1.807, 2.05) is 0 Å². The van der Waals surface area contributed by atoms with Gasteiger partial charge in [-0.25, -0.2) is 0 Å². The Morgan fingerprint density at radius 3 is 1.39 bits per heavy atom. The van der Waals surface area contributed by atoms with E-state index in [4.69, 9.17) is 0 Å². The Bertz CT molecular complexity index is 1150. The van der Waals surface area contributed by atoms with Crippen molar-refractivity contribution in [1.82, 2.24) is 21.7 Å². The summed E-state index contributed by atoms with van der Waals surface area (Å²) >= 11 is 0. The fourth-order valence-electron chi connectivity index (χ4n) is 4.84. The summed E-state index contributed by atoms with van der Waals surface area (Å²) in [6.07, 6.45) is 12.6. The minimum Gasteiger partial charge on any atom is -0.507 e. The summed E-state index contributed by atoms with van der Waals surface area (Å²) in [5.74, 6) is -4.56. The topological polar surface area (TPSA) is 157 Å². The molecule has 242 valence electrons. The van der Waals surface area contributed by atoms with E-state index in [0.29, 0.717) is 6.42 Å². The van der Waals surface area contributed by atoms with Crippen molar-refractivity contribution in [2.24, 2.45) is 5.92 Å². The van der Waals surface area contributed by atoms with Crippen molar-refractivity contribution >= 4 is 23.6 Å². The Morgan fingerprint density at radius 2 is 0.977 bits per heavy atom. The van der Waals surface area contributed by atoms with Crippen LogP contribution < -0.4 is 21.7 Å². The molecule has 2 aromatic rings. The number of hydrazine groups is 2. The molecule has 0 atom stereocenters. The number of amides is 4. The third kappa shape index (κ3) is 12.3. The Kier molecular flexibility index (Phi) is 16.4. The van der Waals surface area contributed by atoms with Gasteiger partial charge < -0.3 is 10.2 Å². The van der Waals surface area contributed by atoms with Crippen molar-refractivity contribution in [3.8, 4) is 11.5 Å². The summed E-state index contributed by atoms with van der Waals surface area (Å²) in [5, 5.41) is 20.7. The maximum atomic E-state index is 13.1. The van der Waals surface area contributed by atoms with Crippen LogP contribution in [-0.4, -0.2) is 33.8 Å². The lowest BCUT2D eigenvalue weighted by molar-refractivity contribution is -0.136. The number of phenolic OH excluding ortho intramolecular Hbond substituents is 2. The molecule has 10 heteroatoms. The molecular weight excluding hydrogens is 560 g/mol. The number of nitrogens with one attached hydrogen (secondary N) is 4. The van der Waals surface area contributed by atoms with Crippen molar-refractivity contribution in [3.05, 3.63) is 58.7 Å². The highest BCUT2D eigenvalue weighted by Crippen LogP contribution is 2.21. The number of hydrogen-bond acceptors (Lipinski definition) is 6. The van der Waals surface area contributed by atoms with Crippen LogP contribution in [-0.2, 0) is 22.4 Å². The molecule has 2 aromatic carbocycles. The second kappa shape index (κ2) is 20.0. The molecule has 0 aliphatic carbocycles. The Morgan fingerprint density at radius 1 is 0.568 bits per heavy atom. The van der Waals surface area contributed by atoms with Gasteiger partial charge in [0.2, 0.25) is 0 Å². The maximum absolute atomic E-state index is 13.1. The van der Waals surface area contributed by atoms with E-state index in [2.05, 4.69) is 42.5 Å². The van der Waals surface area contributed by atoms with E-state index in [9.17, 15) is 29.4 Å². The fraction of sp³-hybridized carbons (Fsp3) is 0.529. The van der Waals surface area contributed by atoms with Crippen molar-refractivity contribution in [2.45, 2.75) is 111 Å². The van der Waals surface area contributed by atoms with Gasteiger partial charge in [-0.05, 0) is 67.5 Å². The van der Waals surface area contributed by atoms with Crippen LogP contribution in [0, 0.1) is 5.92 Å². The van der Waals surface area contributed by atoms with Gasteiger partial charge >= 0.3 is 0 Å². The summed E-state index contributed by atoms with van der Waals surface area (Å²) in [6, 6.07) is 9.55. The molecule has 0 saturated heterocycles. The lowest BCUT2D eigenvalue weighted by Gasteiger charge is -2.18. The molecule has 0 saturated carbocycles. The molecule has 0 heterocycles. The molecule has 0 aliphatic rings. The van der Waals surface area contributed by atoms with Crippen molar-refractivity contribution in [2.75, 3.05) is 0 Å². The van der Waals surface area contributed by atoms with Gasteiger partial charge in [-0.3, -0.25) is 40.9 Å². The quantitative estimate of drug-likeness (QED) is 0.0716. The first-order valence-electron chi connectivity index (χ1n) is 16.1. The summed E-state index contributed by atoms with van der Waals surface area (Å²) < 4.78 is 0. The number of aromatic hydroxyl groups is 2. The number of phenols is 2. The Labute approximate surface area is 261 Å². The van der Waals surface area contributed by atoms with Crippen LogP contribution in [0.15, 0.2) is 36.4 Å². The zero-order valence-corrected chi connectivity index (χ0v) is 26.5. The van der Waals surface area contributed by atoms with Crippen LogP contribution in [0.2, 0.25) is 0 Å². The molecule has 2 rings (SSSR count). The summed E-state index contributed by atoms with van der Waals surface area (Å²) in [4.78, 5) is 51.5. The summed E-state index contributed by atoms with van der Waals surface area (Å²) in [7, 11) is 0. The van der Waals surface area contributed by atoms with E-state index < -0.39 is 29.5 Å². The lowest BCUT2D eigenvalue weighted by Crippen LogP contribution is -2.51. The molecule has 6 N–H and O–H groups in total. The third-order valence-electron chi connectivity index (χ3n) is 7.58. The van der Waals surface area contributed by atoms with Crippen LogP contribution in [0.25, 0.3) is 0 Å². The molecule has 4 amide bonds. The highest BCUT2D eigenvalue weighted by atomic mass is 16.3. The van der Waals surface area contributed by atoms with Crippen LogP contribution in [0.4, 0.5) is 0 Å². The first kappa shape index (κ1) is 36.1. The maximum Gasteiger partial charge on any atom is 0.273 e. The second-order valence-electron chi connectivity index (χ2n) is 11.3. The number of aryl methyl sites for hydroxylation is 2. The predicted octanol–water partition coefficient (Wildman–Crippen LogP) is 5.76. The van der Waals surface area contributed by atoms with Gasteiger partial charge in [0.05, 0.1) is 11.1 Å². The lowest BCUT2D eigenvalue weighted by atomic mass is 9.98. The average Bonchev–Trinajstić information content (AvgIpc) is 3.01. The van der Waals surface area contributed by atoms with E-state index in [1.165, 1.54) is 30.7 Å². The normalized spacial score (nSPS) is 10.8. The van der Waals surface area contributed by atoms with Crippen LogP contribution >= 0.6 is 0 Å². The summed E-state index contributed by atoms with van der Waals surface area (Å²) in [6.45, 7) is 6.28.